The summed E-state index contributed by atoms with van der Waals surface area (Å²) in [6, 6.07) is 4.79. The lowest BCUT2D eigenvalue weighted by Gasteiger charge is -2.21. The topological polar surface area (TPSA) is 121 Å². The Kier molecular flexibility index (Phi) is 3.46. The molecule has 1 amide bonds. The van der Waals surface area contributed by atoms with Gasteiger partial charge in [-0.2, -0.15) is 0 Å². The van der Waals surface area contributed by atoms with Gasteiger partial charge in [0.1, 0.15) is 0 Å². The summed E-state index contributed by atoms with van der Waals surface area (Å²) in [5.74, 6) is -0.314. The van der Waals surface area contributed by atoms with Gasteiger partial charge in [-0.05, 0) is 31.5 Å². The molecule has 0 saturated heterocycles. The van der Waals surface area contributed by atoms with Crippen molar-refractivity contribution < 1.29 is 4.79 Å². The molecule has 2 rings (SSSR count). The summed E-state index contributed by atoms with van der Waals surface area (Å²) in [5.41, 5.74) is 4.84. The number of hydrogen-bond donors (Lipinski definition) is 4. The molecule has 7 nitrogen and oxygen atoms in total. The number of benzene rings is 1. The fourth-order valence-electron chi connectivity index (χ4n) is 1.63. The van der Waals surface area contributed by atoms with Crippen LogP contribution < -0.4 is 22.2 Å². The molecule has 1 aromatic heterocycles. The summed E-state index contributed by atoms with van der Waals surface area (Å²) in [5, 5.41) is 2.68. The Balaban J connectivity index is 2.38. The maximum atomic E-state index is 12.0. The lowest BCUT2D eigenvalue weighted by Crippen LogP contribution is -2.47. The van der Waals surface area contributed by atoms with Crippen LogP contribution in [0.15, 0.2) is 27.8 Å². The first kappa shape index (κ1) is 14.0. The standard InChI is InChI=1S/C13H16N4O3/c1-3-13(2,14)12(20)15-7-4-5-8-9(6-7)17-11(19)10(18)16-8/h4-6H,3,14H2,1-2H3,(H,15,20)(H,16,18)(H,17,19). The minimum Gasteiger partial charge on any atom is -0.324 e. The number of carbonyl (C=O) groups excluding carboxylic acids is 1. The lowest BCUT2D eigenvalue weighted by molar-refractivity contribution is -0.120. The quantitative estimate of drug-likeness (QED) is 0.602. The van der Waals surface area contributed by atoms with E-state index in [0.717, 1.165) is 0 Å². The van der Waals surface area contributed by atoms with Crippen LogP contribution in [-0.2, 0) is 4.79 Å². The van der Waals surface area contributed by atoms with Gasteiger partial charge in [0.2, 0.25) is 5.91 Å². The summed E-state index contributed by atoms with van der Waals surface area (Å²) in [7, 11) is 0. The minimum atomic E-state index is -0.965. The largest absolute Gasteiger partial charge is 0.324 e. The number of anilines is 1. The van der Waals surface area contributed by atoms with Crippen molar-refractivity contribution in [3.8, 4) is 0 Å². The number of aromatic amines is 2. The van der Waals surface area contributed by atoms with Crippen molar-refractivity contribution in [3.05, 3.63) is 38.9 Å². The molecule has 20 heavy (non-hydrogen) atoms. The van der Waals surface area contributed by atoms with Crippen molar-refractivity contribution in [1.82, 2.24) is 9.97 Å². The van der Waals surface area contributed by atoms with Crippen molar-refractivity contribution in [2.75, 3.05) is 5.32 Å². The molecule has 106 valence electrons. The predicted molar refractivity (Wildman–Crippen MR) is 76.7 cm³/mol. The SMILES string of the molecule is CCC(C)(N)C(=O)Nc1ccc2[nH]c(=O)c(=O)[nH]c2c1. The van der Waals surface area contributed by atoms with Crippen LogP contribution >= 0.6 is 0 Å². The van der Waals surface area contributed by atoms with Gasteiger partial charge in [-0.15, -0.1) is 0 Å². The number of hydrogen-bond acceptors (Lipinski definition) is 4. The highest BCUT2D eigenvalue weighted by molar-refractivity contribution is 5.98. The number of H-pyrrole nitrogens is 2. The van der Waals surface area contributed by atoms with E-state index in [0.29, 0.717) is 23.1 Å². The molecule has 1 heterocycles. The van der Waals surface area contributed by atoms with Crippen LogP contribution in [0.1, 0.15) is 20.3 Å². The Hall–Kier alpha value is -2.41. The highest BCUT2D eigenvalue weighted by atomic mass is 16.2. The third kappa shape index (κ3) is 2.62. The van der Waals surface area contributed by atoms with Crippen LogP contribution in [-0.4, -0.2) is 21.4 Å². The molecule has 0 bridgehead atoms. The first-order chi connectivity index (χ1) is 9.33. The molecule has 1 atom stereocenters. The summed E-state index contributed by atoms with van der Waals surface area (Å²) in [4.78, 5) is 39.3. The number of carbonyl (C=O) groups is 1. The maximum absolute atomic E-state index is 12.0. The van der Waals surface area contributed by atoms with Crippen LogP contribution in [0.3, 0.4) is 0 Å². The van der Waals surface area contributed by atoms with Gasteiger partial charge in [-0.25, -0.2) is 0 Å². The van der Waals surface area contributed by atoms with E-state index in [4.69, 9.17) is 5.73 Å². The van der Waals surface area contributed by atoms with Crippen molar-refractivity contribution in [2.45, 2.75) is 25.8 Å². The Bertz CT molecular complexity index is 773. The molecule has 5 N–H and O–H groups in total. The molecular weight excluding hydrogens is 260 g/mol. The molecule has 1 aromatic carbocycles. The molecule has 0 spiro atoms. The molecule has 0 aliphatic heterocycles. The first-order valence-electron chi connectivity index (χ1n) is 6.20. The zero-order valence-corrected chi connectivity index (χ0v) is 11.2. The van der Waals surface area contributed by atoms with Crippen LogP contribution in [0.25, 0.3) is 11.0 Å². The van der Waals surface area contributed by atoms with Crippen LogP contribution in [0.4, 0.5) is 5.69 Å². The van der Waals surface area contributed by atoms with Crippen molar-refractivity contribution in [3.63, 3.8) is 0 Å². The predicted octanol–water partition coefficient (Wildman–Crippen LogP) is 0.282. The minimum absolute atomic E-state index is 0.314. The van der Waals surface area contributed by atoms with Gasteiger partial charge in [-0.1, -0.05) is 6.92 Å². The molecule has 2 aromatic rings. The Morgan fingerprint density at radius 1 is 1.25 bits per heavy atom. The highest BCUT2D eigenvalue weighted by Gasteiger charge is 2.25. The second-order valence-corrected chi connectivity index (χ2v) is 4.89. The number of nitrogens with one attached hydrogen (secondary N) is 3. The van der Waals surface area contributed by atoms with Crippen LogP contribution in [0.2, 0.25) is 0 Å². The fourth-order valence-corrected chi connectivity index (χ4v) is 1.63. The van der Waals surface area contributed by atoms with E-state index in [-0.39, 0.29) is 5.91 Å². The summed E-state index contributed by atoms with van der Waals surface area (Å²) in [6.07, 6.45) is 0.497. The number of aromatic nitrogens is 2. The zero-order chi connectivity index (χ0) is 14.9. The number of amides is 1. The van der Waals surface area contributed by atoms with Gasteiger partial charge in [0, 0.05) is 5.69 Å². The lowest BCUT2D eigenvalue weighted by atomic mass is 9.99. The Morgan fingerprint density at radius 3 is 2.45 bits per heavy atom. The van der Waals surface area contributed by atoms with E-state index in [2.05, 4.69) is 15.3 Å². The van der Waals surface area contributed by atoms with Gasteiger partial charge in [0.25, 0.3) is 0 Å². The van der Waals surface area contributed by atoms with Crippen molar-refractivity contribution in [1.29, 1.82) is 0 Å². The molecule has 0 aliphatic rings. The third-order valence-electron chi connectivity index (χ3n) is 3.23. The molecule has 1 unspecified atom stereocenters. The zero-order valence-electron chi connectivity index (χ0n) is 11.2. The summed E-state index contributed by atoms with van der Waals surface area (Å²) < 4.78 is 0. The van der Waals surface area contributed by atoms with E-state index in [9.17, 15) is 14.4 Å². The summed E-state index contributed by atoms with van der Waals surface area (Å²) in [6.45, 7) is 3.46. The van der Waals surface area contributed by atoms with Gasteiger partial charge >= 0.3 is 11.1 Å². The molecule has 0 saturated carbocycles. The smallest absolute Gasteiger partial charge is 0.314 e. The van der Waals surface area contributed by atoms with E-state index in [1.54, 1.807) is 25.1 Å². The average molecular weight is 276 g/mol. The summed E-state index contributed by atoms with van der Waals surface area (Å²) >= 11 is 0. The Labute approximate surface area is 114 Å². The van der Waals surface area contributed by atoms with Gasteiger partial charge in [0.05, 0.1) is 16.6 Å². The molecular formula is C13H16N4O3. The van der Waals surface area contributed by atoms with Crippen molar-refractivity contribution in [2.24, 2.45) is 5.73 Å². The van der Waals surface area contributed by atoms with Gasteiger partial charge in [0.15, 0.2) is 0 Å². The number of fused-ring (bicyclic) bond motifs is 1. The first-order valence-corrected chi connectivity index (χ1v) is 6.20. The molecule has 0 fully saturated rings. The van der Waals surface area contributed by atoms with Crippen LogP contribution in [0.5, 0.6) is 0 Å². The van der Waals surface area contributed by atoms with E-state index in [1.165, 1.54) is 0 Å². The molecule has 7 heteroatoms. The van der Waals surface area contributed by atoms with E-state index < -0.39 is 16.7 Å². The van der Waals surface area contributed by atoms with Crippen LogP contribution in [0, 0.1) is 0 Å². The van der Waals surface area contributed by atoms with Gasteiger partial charge < -0.3 is 21.0 Å². The monoisotopic (exact) mass is 276 g/mol. The number of nitrogens with two attached hydrogens (primary N) is 1. The van der Waals surface area contributed by atoms with E-state index in [1.807, 2.05) is 6.92 Å². The highest BCUT2D eigenvalue weighted by Crippen LogP contribution is 2.16. The fraction of sp³-hybridized carbons (Fsp3) is 0.308. The molecule has 0 aliphatic carbocycles. The normalized spacial score (nSPS) is 13.9. The second-order valence-electron chi connectivity index (χ2n) is 4.89. The van der Waals surface area contributed by atoms with Gasteiger partial charge in [-0.3, -0.25) is 14.4 Å². The second kappa shape index (κ2) is 4.93. The maximum Gasteiger partial charge on any atom is 0.314 e. The molecule has 0 radical (unpaired) electrons. The number of rotatable bonds is 3. The average Bonchev–Trinajstić information content (AvgIpc) is 2.40. The Morgan fingerprint density at radius 2 is 1.85 bits per heavy atom. The van der Waals surface area contributed by atoms with E-state index >= 15 is 0 Å². The third-order valence-corrected chi connectivity index (χ3v) is 3.23. The van der Waals surface area contributed by atoms with Crippen molar-refractivity contribution >= 4 is 22.6 Å².